The number of aryl methyl sites for hydroxylation is 2. The van der Waals surface area contributed by atoms with E-state index >= 15 is 0 Å². The summed E-state index contributed by atoms with van der Waals surface area (Å²) in [6.07, 6.45) is 0.173. The Bertz CT molecular complexity index is 1130. The van der Waals surface area contributed by atoms with E-state index in [0.29, 0.717) is 28.7 Å². The van der Waals surface area contributed by atoms with Crippen LogP contribution in [-0.4, -0.2) is 18.4 Å². The van der Waals surface area contributed by atoms with Gasteiger partial charge >= 0.3 is 0 Å². The summed E-state index contributed by atoms with van der Waals surface area (Å²) in [5, 5.41) is 3.45. The SMILES string of the molecule is Cc1ccc(Oc2ccc(NC(=O)[C@H]3CC(=O)N(c4cccc(Cl)c4)C3)cc2)cc1C. The first-order valence-electron chi connectivity index (χ1n) is 10.1. The van der Waals surface area contributed by atoms with E-state index in [4.69, 9.17) is 16.3 Å². The molecule has 6 heteroatoms. The molecule has 1 atom stereocenters. The average molecular weight is 435 g/mol. The molecule has 3 aromatic rings. The van der Waals surface area contributed by atoms with E-state index < -0.39 is 5.92 Å². The molecule has 0 radical (unpaired) electrons. The van der Waals surface area contributed by atoms with Gasteiger partial charge in [-0.1, -0.05) is 23.7 Å². The molecule has 158 valence electrons. The second-order valence-corrected chi connectivity index (χ2v) is 8.18. The number of ether oxygens (including phenoxy) is 1. The minimum absolute atomic E-state index is 0.0837. The molecule has 3 aromatic carbocycles. The number of carbonyl (C=O) groups excluding carboxylic acids is 2. The van der Waals surface area contributed by atoms with Gasteiger partial charge < -0.3 is 15.0 Å². The summed E-state index contributed by atoms with van der Waals surface area (Å²) in [7, 11) is 0. The van der Waals surface area contributed by atoms with Gasteiger partial charge in [-0.15, -0.1) is 0 Å². The van der Waals surface area contributed by atoms with Crippen molar-refractivity contribution in [2.24, 2.45) is 5.92 Å². The molecule has 1 aliphatic heterocycles. The maximum absolute atomic E-state index is 12.7. The highest BCUT2D eigenvalue weighted by Crippen LogP contribution is 2.29. The maximum Gasteiger partial charge on any atom is 0.229 e. The van der Waals surface area contributed by atoms with Crippen LogP contribution in [0.5, 0.6) is 11.5 Å². The molecule has 0 saturated carbocycles. The number of amides is 2. The molecule has 1 saturated heterocycles. The van der Waals surface area contributed by atoms with Crippen LogP contribution < -0.4 is 15.0 Å². The Kier molecular flexibility index (Phi) is 5.96. The molecule has 4 rings (SSSR count). The standard InChI is InChI=1S/C25H23ClN2O3/c1-16-6-9-23(12-17(16)2)31-22-10-7-20(8-11-22)27-25(30)18-13-24(29)28(15-18)21-5-3-4-19(26)14-21/h3-12,14,18H,13,15H2,1-2H3,(H,27,30)/t18-/m0/s1. The second kappa shape index (κ2) is 8.82. The van der Waals surface area contributed by atoms with Crippen molar-refractivity contribution >= 4 is 34.8 Å². The van der Waals surface area contributed by atoms with Crippen molar-refractivity contribution in [3.8, 4) is 11.5 Å². The number of benzene rings is 3. The molecular weight excluding hydrogens is 412 g/mol. The fourth-order valence-electron chi connectivity index (χ4n) is 3.54. The highest BCUT2D eigenvalue weighted by molar-refractivity contribution is 6.31. The minimum Gasteiger partial charge on any atom is -0.457 e. The summed E-state index contributed by atoms with van der Waals surface area (Å²) in [4.78, 5) is 26.7. The highest BCUT2D eigenvalue weighted by atomic mass is 35.5. The Morgan fingerprint density at radius 1 is 1.00 bits per heavy atom. The predicted octanol–water partition coefficient (Wildman–Crippen LogP) is 5.74. The first-order chi connectivity index (χ1) is 14.9. The number of nitrogens with zero attached hydrogens (tertiary/aromatic N) is 1. The second-order valence-electron chi connectivity index (χ2n) is 7.75. The first-order valence-corrected chi connectivity index (χ1v) is 10.5. The van der Waals surface area contributed by atoms with Crippen LogP contribution in [0.3, 0.4) is 0 Å². The summed E-state index contributed by atoms with van der Waals surface area (Å²) in [5.74, 6) is 0.771. The molecule has 0 bridgehead atoms. The van der Waals surface area contributed by atoms with Crippen molar-refractivity contribution in [1.29, 1.82) is 0 Å². The van der Waals surface area contributed by atoms with E-state index in [-0.39, 0.29) is 18.2 Å². The van der Waals surface area contributed by atoms with Gasteiger partial charge in [-0.25, -0.2) is 0 Å². The smallest absolute Gasteiger partial charge is 0.229 e. The predicted molar refractivity (Wildman–Crippen MR) is 123 cm³/mol. The topological polar surface area (TPSA) is 58.6 Å². The van der Waals surface area contributed by atoms with Crippen LogP contribution in [0.15, 0.2) is 66.7 Å². The first kappa shape index (κ1) is 20.9. The summed E-state index contributed by atoms with van der Waals surface area (Å²) in [5.41, 5.74) is 3.75. The molecule has 1 N–H and O–H groups in total. The Morgan fingerprint density at radius 3 is 2.45 bits per heavy atom. The van der Waals surface area contributed by atoms with E-state index in [1.165, 1.54) is 11.1 Å². The summed E-state index contributed by atoms with van der Waals surface area (Å²) in [6, 6.07) is 20.2. The zero-order chi connectivity index (χ0) is 22.0. The van der Waals surface area contributed by atoms with Crippen LogP contribution in [0, 0.1) is 19.8 Å². The van der Waals surface area contributed by atoms with Crippen molar-refractivity contribution in [3.63, 3.8) is 0 Å². The molecule has 0 aliphatic carbocycles. The largest absolute Gasteiger partial charge is 0.457 e. The molecule has 0 unspecified atom stereocenters. The van der Waals surface area contributed by atoms with Crippen molar-refractivity contribution in [1.82, 2.24) is 0 Å². The molecule has 1 heterocycles. The van der Waals surface area contributed by atoms with Crippen LogP contribution in [0.1, 0.15) is 17.5 Å². The van der Waals surface area contributed by atoms with Gasteiger partial charge in [-0.05, 0) is 79.6 Å². The summed E-state index contributed by atoms with van der Waals surface area (Å²) in [6.45, 7) is 4.43. The highest BCUT2D eigenvalue weighted by Gasteiger charge is 2.35. The van der Waals surface area contributed by atoms with Crippen molar-refractivity contribution in [3.05, 3.63) is 82.9 Å². The summed E-state index contributed by atoms with van der Waals surface area (Å²) < 4.78 is 5.89. The maximum atomic E-state index is 12.7. The van der Waals surface area contributed by atoms with E-state index in [1.807, 2.05) is 43.3 Å². The fourth-order valence-corrected chi connectivity index (χ4v) is 3.73. The van der Waals surface area contributed by atoms with Crippen LogP contribution >= 0.6 is 11.6 Å². The Hall–Kier alpha value is -3.31. The molecule has 0 spiro atoms. The lowest BCUT2D eigenvalue weighted by atomic mass is 10.1. The lowest BCUT2D eigenvalue weighted by molar-refractivity contribution is -0.122. The third-order valence-electron chi connectivity index (χ3n) is 5.45. The van der Waals surface area contributed by atoms with E-state index in [1.54, 1.807) is 35.2 Å². The van der Waals surface area contributed by atoms with E-state index in [9.17, 15) is 9.59 Å². The Morgan fingerprint density at radius 2 is 1.74 bits per heavy atom. The van der Waals surface area contributed by atoms with Crippen LogP contribution in [0.4, 0.5) is 11.4 Å². The zero-order valence-corrected chi connectivity index (χ0v) is 18.1. The molecule has 0 aromatic heterocycles. The number of anilines is 2. The van der Waals surface area contributed by atoms with Crippen LogP contribution in [0.2, 0.25) is 5.02 Å². The number of hydrogen-bond donors (Lipinski definition) is 1. The van der Waals surface area contributed by atoms with Gasteiger partial charge in [0, 0.05) is 29.4 Å². The summed E-state index contributed by atoms with van der Waals surface area (Å²) >= 11 is 6.03. The Labute approximate surface area is 186 Å². The number of halogens is 1. The monoisotopic (exact) mass is 434 g/mol. The van der Waals surface area contributed by atoms with Gasteiger partial charge in [0.05, 0.1) is 5.92 Å². The van der Waals surface area contributed by atoms with Gasteiger partial charge in [0.2, 0.25) is 11.8 Å². The molecule has 2 amide bonds. The van der Waals surface area contributed by atoms with Crippen molar-refractivity contribution < 1.29 is 14.3 Å². The fraction of sp³-hybridized carbons (Fsp3) is 0.200. The normalized spacial score (nSPS) is 15.8. The number of carbonyl (C=O) groups is 2. The molecule has 1 aliphatic rings. The number of hydrogen-bond acceptors (Lipinski definition) is 3. The molecular formula is C25H23ClN2O3. The molecule has 1 fully saturated rings. The zero-order valence-electron chi connectivity index (χ0n) is 17.4. The lowest BCUT2D eigenvalue weighted by Gasteiger charge is -2.17. The van der Waals surface area contributed by atoms with E-state index in [0.717, 1.165) is 5.75 Å². The van der Waals surface area contributed by atoms with Crippen molar-refractivity contribution in [2.75, 3.05) is 16.8 Å². The Balaban J connectivity index is 1.37. The van der Waals surface area contributed by atoms with Gasteiger partial charge in [0.1, 0.15) is 11.5 Å². The number of nitrogens with one attached hydrogen (secondary N) is 1. The van der Waals surface area contributed by atoms with Crippen LogP contribution in [0.25, 0.3) is 0 Å². The van der Waals surface area contributed by atoms with Crippen molar-refractivity contribution in [2.45, 2.75) is 20.3 Å². The van der Waals surface area contributed by atoms with Gasteiger partial charge in [-0.2, -0.15) is 0 Å². The third-order valence-corrected chi connectivity index (χ3v) is 5.69. The quantitative estimate of drug-likeness (QED) is 0.557. The van der Waals surface area contributed by atoms with Gasteiger partial charge in [-0.3, -0.25) is 9.59 Å². The third kappa shape index (κ3) is 4.89. The number of rotatable bonds is 5. The van der Waals surface area contributed by atoms with Gasteiger partial charge in [0.15, 0.2) is 0 Å². The molecule has 5 nitrogen and oxygen atoms in total. The average Bonchev–Trinajstić information content (AvgIpc) is 3.14. The van der Waals surface area contributed by atoms with E-state index in [2.05, 4.69) is 12.2 Å². The lowest BCUT2D eigenvalue weighted by Crippen LogP contribution is -2.28. The van der Waals surface area contributed by atoms with Gasteiger partial charge in [0.25, 0.3) is 0 Å². The van der Waals surface area contributed by atoms with Crippen LogP contribution in [-0.2, 0) is 9.59 Å². The minimum atomic E-state index is -0.419. The molecule has 31 heavy (non-hydrogen) atoms.